The van der Waals surface area contributed by atoms with Gasteiger partial charge in [0.05, 0.1) is 60.2 Å². The second-order valence-corrected chi connectivity index (χ2v) is 20.5. The average Bonchev–Trinajstić information content (AvgIpc) is 3.93. The van der Waals surface area contributed by atoms with Gasteiger partial charge in [-0.3, -0.25) is 14.2 Å². The van der Waals surface area contributed by atoms with Gasteiger partial charge >= 0.3 is 11.9 Å². The summed E-state index contributed by atoms with van der Waals surface area (Å²) in [5, 5.41) is 17.4. The number of hydrogen-bond donors (Lipinski definition) is 1. The number of methoxy groups -OCH3 is 2. The molecule has 57 heavy (non-hydrogen) atoms. The Morgan fingerprint density at radius 1 is 0.930 bits per heavy atom. The Bertz CT molecular complexity index is 2390. The zero-order chi connectivity index (χ0) is 40.6. The third kappa shape index (κ3) is 7.24. The molecule has 3 aromatic heterocycles. The number of aromatic nitrogens is 5. The maximum atomic E-state index is 13.2. The largest absolute Gasteiger partial charge is 0.469 e. The van der Waals surface area contributed by atoms with Gasteiger partial charge in [0.1, 0.15) is 5.69 Å². The van der Waals surface area contributed by atoms with Crippen LogP contribution >= 0.6 is 11.6 Å². The molecule has 6 aromatic rings. The van der Waals surface area contributed by atoms with E-state index in [9.17, 15) is 9.59 Å². The van der Waals surface area contributed by atoms with E-state index in [-0.39, 0.29) is 23.5 Å². The number of fused-ring (bicyclic) bond motifs is 2. The highest BCUT2D eigenvalue weighted by Crippen LogP contribution is 2.45. The molecule has 7 rings (SSSR count). The summed E-state index contributed by atoms with van der Waals surface area (Å²) in [6.45, 7) is 10.5. The van der Waals surface area contributed by atoms with E-state index in [2.05, 4.69) is 97.5 Å². The Hall–Kier alpha value is -5.01. The van der Waals surface area contributed by atoms with Crippen LogP contribution in [0, 0.1) is 6.92 Å². The molecule has 0 unspecified atom stereocenters. The molecule has 0 radical (unpaired) electrons. The quantitative estimate of drug-likeness (QED) is 0.0987. The Kier molecular flexibility index (Phi) is 11.3. The fraction of sp³-hybridized carbons (Fsp3) is 0.364. The van der Waals surface area contributed by atoms with Crippen molar-refractivity contribution >= 4 is 53.1 Å². The Morgan fingerprint density at radius 2 is 1.60 bits per heavy atom. The van der Waals surface area contributed by atoms with Crippen LogP contribution in [-0.4, -0.2) is 58.6 Å². The van der Waals surface area contributed by atoms with Crippen molar-refractivity contribution < 1.29 is 23.5 Å². The molecule has 0 aliphatic carbocycles. The third-order valence-corrected chi connectivity index (χ3v) is 16.7. The summed E-state index contributed by atoms with van der Waals surface area (Å²) in [5.41, 5.74) is 7.37. The molecule has 1 aliphatic heterocycles. The Labute approximate surface area is 340 Å². The normalized spacial score (nSPS) is 14.3. The highest BCUT2D eigenvalue weighted by Gasteiger charge is 2.50. The number of carbonyl (C=O) groups is 2. The summed E-state index contributed by atoms with van der Waals surface area (Å²) < 4.78 is 23.2. The topological polar surface area (TPSA) is 114 Å². The molecule has 13 heteroatoms. The van der Waals surface area contributed by atoms with E-state index in [1.807, 2.05) is 42.4 Å². The second kappa shape index (κ2) is 16.1. The van der Waals surface area contributed by atoms with E-state index in [0.29, 0.717) is 35.9 Å². The van der Waals surface area contributed by atoms with Crippen molar-refractivity contribution in [2.24, 2.45) is 14.1 Å². The van der Waals surface area contributed by atoms with Gasteiger partial charge in [0, 0.05) is 50.1 Å². The zero-order valence-electron chi connectivity index (χ0n) is 34.0. The van der Waals surface area contributed by atoms with Crippen LogP contribution in [0.15, 0.2) is 78.9 Å². The molecule has 0 amide bonds. The summed E-state index contributed by atoms with van der Waals surface area (Å²) in [7, 11) is 3.79. The minimum atomic E-state index is -2.74. The molecule has 0 saturated carbocycles. The van der Waals surface area contributed by atoms with E-state index in [4.69, 9.17) is 35.7 Å². The minimum Gasteiger partial charge on any atom is -0.469 e. The lowest BCUT2D eigenvalue weighted by Gasteiger charge is -2.43. The zero-order valence-corrected chi connectivity index (χ0v) is 35.7. The van der Waals surface area contributed by atoms with Gasteiger partial charge in [0.25, 0.3) is 8.32 Å². The molecule has 1 aliphatic rings. The van der Waals surface area contributed by atoms with Crippen molar-refractivity contribution in [3.8, 4) is 11.1 Å². The molecule has 3 aromatic carbocycles. The van der Waals surface area contributed by atoms with Crippen LogP contribution in [0.2, 0.25) is 10.1 Å². The SMILES string of the molecule is COC(=O)CCc1c(C(=O)OC)n(C)c2c(-c3c(C)nn4c3[C@H](NCc3cc(CO[Si](c5ccccc5)(c5ccccc5)C(C)(C)C)n(C)n3)CC4)c(Cl)ccc12. The van der Waals surface area contributed by atoms with E-state index in [1.54, 1.807) is 0 Å². The van der Waals surface area contributed by atoms with Crippen molar-refractivity contribution in [3.05, 3.63) is 118 Å². The minimum absolute atomic E-state index is 0.0366. The van der Waals surface area contributed by atoms with Gasteiger partial charge < -0.3 is 23.8 Å². The van der Waals surface area contributed by atoms with Crippen molar-refractivity contribution in [2.45, 2.75) is 77.7 Å². The predicted octanol–water partition coefficient (Wildman–Crippen LogP) is 6.94. The van der Waals surface area contributed by atoms with Crippen LogP contribution < -0.4 is 15.7 Å². The van der Waals surface area contributed by atoms with E-state index < -0.39 is 14.3 Å². The van der Waals surface area contributed by atoms with Crippen LogP contribution in [0.1, 0.15) is 78.5 Å². The summed E-state index contributed by atoms with van der Waals surface area (Å²) in [4.78, 5) is 25.4. The summed E-state index contributed by atoms with van der Waals surface area (Å²) in [5.74, 6) is -0.846. The molecule has 0 fully saturated rings. The first-order valence-electron chi connectivity index (χ1n) is 19.3. The van der Waals surface area contributed by atoms with Crippen LogP contribution in [0.25, 0.3) is 22.0 Å². The number of aryl methyl sites for hydroxylation is 5. The fourth-order valence-corrected chi connectivity index (χ4v) is 13.5. The van der Waals surface area contributed by atoms with Crippen molar-refractivity contribution in [1.29, 1.82) is 0 Å². The van der Waals surface area contributed by atoms with Crippen LogP contribution in [0.5, 0.6) is 0 Å². The first-order valence-corrected chi connectivity index (χ1v) is 21.6. The van der Waals surface area contributed by atoms with Crippen molar-refractivity contribution in [3.63, 3.8) is 0 Å². The van der Waals surface area contributed by atoms with Crippen molar-refractivity contribution in [2.75, 3.05) is 14.2 Å². The van der Waals surface area contributed by atoms with E-state index >= 15 is 0 Å². The molecule has 0 bridgehead atoms. The molecule has 1 atom stereocenters. The number of rotatable bonds is 13. The molecule has 4 heterocycles. The standard InChI is InChI=1S/C44H51ClN6O5Si/c1-28-38(39-35(45)21-19-33-34(20-22-37(52)54-7)41(43(53)55-8)49(5)40(33)39)42-36(23-24-51(42)47-28)46-26-29-25-30(50(6)48-29)27-56-57(44(2,3)4,31-15-11-9-12-16-31)32-17-13-10-14-18-32/h9-19,21,25,36,46H,20,22-24,26-27H2,1-8H3/t36-/m1/s1. The van der Waals surface area contributed by atoms with Gasteiger partial charge in [0.2, 0.25) is 0 Å². The van der Waals surface area contributed by atoms with E-state index in [1.165, 1.54) is 24.6 Å². The average molecular weight is 807 g/mol. The number of carbonyl (C=O) groups excluding carboxylic acids is 2. The molecule has 0 spiro atoms. The predicted molar refractivity (Wildman–Crippen MR) is 225 cm³/mol. The molecular weight excluding hydrogens is 756 g/mol. The van der Waals surface area contributed by atoms with Crippen molar-refractivity contribution in [1.82, 2.24) is 29.4 Å². The fourth-order valence-electron chi connectivity index (χ4n) is 8.76. The maximum absolute atomic E-state index is 13.2. The van der Waals surface area contributed by atoms with Gasteiger partial charge in [-0.05, 0) is 52.9 Å². The lowest BCUT2D eigenvalue weighted by molar-refractivity contribution is -0.140. The van der Waals surface area contributed by atoms with Gasteiger partial charge in [-0.2, -0.15) is 10.2 Å². The smallest absolute Gasteiger partial charge is 0.354 e. The van der Waals surface area contributed by atoms with Gasteiger partial charge in [-0.15, -0.1) is 0 Å². The molecule has 1 N–H and O–H groups in total. The lowest BCUT2D eigenvalue weighted by Crippen LogP contribution is -2.66. The summed E-state index contributed by atoms with van der Waals surface area (Å²) in [6, 6.07) is 27.2. The maximum Gasteiger partial charge on any atom is 0.354 e. The number of halogens is 1. The van der Waals surface area contributed by atoms with Crippen LogP contribution in [0.3, 0.4) is 0 Å². The Morgan fingerprint density at radius 3 is 2.21 bits per heavy atom. The number of benzene rings is 3. The van der Waals surface area contributed by atoms with E-state index in [0.717, 1.165) is 57.8 Å². The summed E-state index contributed by atoms with van der Waals surface area (Å²) >= 11 is 7.09. The molecule has 0 saturated heterocycles. The number of ether oxygens (including phenoxy) is 2. The Balaban J connectivity index is 1.19. The van der Waals surface area contributed by atoms with Gasteiger partial charge in [-0.1, -0.05) is 99.1 Å². The van der Waals surface area contributed by atoms with Gasteiger partial charge in [-0.25, -0.2) is 4.79 Å². The van der Waals surface area contributed by atoms with Crippen LogP contribution in [-0.2, 0) is 58.9 Å². The number of nitrogens with zero attached hydrogens (tertiary/aromatic N) is 5. The third-order valence-electron chi connectivity index (χ3n) is 11.4. The number of nitrogens with one attached hydrogen (secondary N) is 1. The molecular formula is C44H51ClN6O5Si. The second-order valence-electron chi connectivity index (χ2n) is 15.8. The van der Waals surface area contributed by atoms with Gasteiger partial charge in [0.15, 0.2) is 0 Å². The highest BCUT2D eigenvalue weighted by atomic mass is 35.5. The molecule has 11 nitrogen and oxygen atoms in total. The lowest BCUT2D eigenvalue weighted by atomic mass is 9.96. The molecule has 298 valence electrons. The number of esters is 2. The first kappa shape index (κ1) is 40.2. The first-order chi connectivity index (χ1) is 27.3. The number of hydrogen-bond acceptors (Lipinski definition) is 8. The monoisotopic (exact) mass is 806 g/mol. The summed E-state index contributed by atoms with van der Waals surface area (Å²) in [6.07, 6.45) is 1.26. The van der Waals surface area contributed by atoms with Crippen LogP contribution in [0.4, 0.5) is 0 Å². The highest BCUT2D eigenvalue weighted by molar-refractivity contribution is 6.99.